The molecular formula is C19H19N3O3S. The van der Waals surface area contributed by atoms with Gasteiger partial charge < -0.3 is 4.90 Å². The normalized spacial score (nSPS) is 18.3. The predicted octanol–water partition coefficient (Wildman–Crippen LogP) is 2.09. The fraction of sp³-hybridized carbons (Fsp3) is 0.263. The average molecular weight is 369 g/mol. The molecule has 0 saturated carbocycles. The van der Waals surface area contributed by atoms with Gasteiger partial charge in [-0.25, -0.2) is 8.42 Å². The SMILES string of the molecule is C[C@H]1CN(S(=O)(=O)c2ccc(C#N)cc2)CCN1C(=O)c1ccccc1. The van der Waals surface area contributed by atoms with Crippen LogP contribution in [-0.2, 0) is 10.0 Å². The molecule has 1 atom stereocenters. The number of carbonyl (C=O) groups excluding carboxylic acids is 1. The zero-order valence-electron chi connectivity index (χ0n) is 14.4. The topological polar surface area (TPSA) is 81.5 Å². The molecule has 0 bridgehead atoms. The lowest BCUT2D eigenvalue weighted by molar-refractivity contribution is 0.0591. The van der Waals surface area contributed by atoms with Crippen LogP contribution in [0.3, 0.4) is 0 Å². The van der Waals surface area contributed by atoms with E-state index in [-0.39, 0.29) is 29.9 Å². The highest BCUT2D eigenvalue weighted by Crippen LogP contribution is 2.21. The van der Waals surface area contributed by atoms with Crippen molar-refractivity contribution >= 4 is 15.9 Å². The summed E-state index contributed by atoms with van der Waals surface area (Å²) in [6, 6.07) is 16.6. The van der Waals surface area contributed by atoms with Crippen molar-refractivity contribution in [3.8, 4) is 6.07 Å². The van der Waals surface area contributed by atoms with Gasteiger partial charge in [0.1, 0.15) is 0 Å². The van der Waals surface area contributed by atoms with Crippen molar-refractivity contribution in [3.63, 3.8) is 0 Å². The van der Waals surface area contributed by atoms with Crippen LogP contribution in [0.15, 0.2) is 59.5 Å². The lowest BCUT2D eigenvalue weighted by Crippen LogP contribution is -2.55. The van der Waals surface area contributed by atoms with Gasteiger partial charge in [-0.2, -0.15) is 9.57 Å². The molecule has 0 spiro atoms. The van der Waals surface area contributed by atoms with Gasteiger partial charge in [-0.3, -0.25) is 4.79 Å². The van der Waals surface area contributed by atoms with Crippen LogP contribution in [0.2, 0.25) is 0 Å². The molecule has 0 aliphatic carbocycles. The lowest BCUT2D eigenvalue weighted by atomic mass is 10.1. The van der Waals surface area contributed by atoms with Gasteiger partial charge in [0.05, 0.1) is 16.5 Å². The van der Waals surface area contributed by atoms with Crippen LogP contribution in [0.5, 0.6) is 0 Å². The molecule has 7 heteroatoms. The highest BCUT2D eigenvalue weighted by atomic mass is 32.2. The van der Waals surface area contributed by atoms with Crippen LogP contribution in [0.4, 0.5) is 0 Å². The molecule has 0 radical (unpaired) electrons. The van der Waals surface area contributed by atoms with Gasteiger partial charge in [0.15, 0.2) is 0 Å². The number of nitrogens with zero attached hydrogens (tertiary/aromatic N) is 3. The molecule has 26 heavy (non-hydrogen) atoms. The van der Waals surface area contributed by atoms with E-state index in [2.05, 4.69) is 0 Å². The van der Waals surface area contributed by atoms with Crippen LogP contribution in [0, 0.1) is 11.3 Å². The van der Waals surface area contributed by atoms with E-state index in [1.807, 2.05) is 31.2 Å². The quantitative estimate of drug-likeness (QED) is 0.830. The van der Waals surface area contributed by atoms with E-state index in [4.69, 9.17) is 5.26 Å². The molecule has 1 aliphatic rings. The van der Waals surface area contributed by atoms with Crippen molar-refractivity contribution < 1.29 is 13.2 Å². The fourth-order valence-corrected chi connectivity index (χ4v) is 4.55. The van der Waals surface area contributed by atoms with Crippen LogP contribution in [-0.4, -0.2) is 49.2 Å². The van der Waals surface area contributed by atoms with E-state index in [0.29, 0.717) is 17.7 Å². The molecule has 1 fully saturated rings. The molecule has 1 aliphatic heterocycles. The molecular weight excluding hydrogens is 350 g/mol. The van der Waals surface area contributed by atoms with Crippen molar-refractivity contribution in [3.05, 3.63) is 65.7 Å². The van der Waals surface area contributed by atoms with E-state index in [1.54, 1.807) is 17.0 Å². The van der Waals surface area contributed by atoms with E-state index in [1.165, 1.54) is 28.6 Å². The Morgan fingerprint density at radius 3 is 2.31 bits per heavy atom. The number of benzene rings is 2. The largest absolute Gasteiger partial charge is 0.333 e. The Bertz CT molecular complexity index is 934. The molecule has 6 nitrogen and oxygen atoms in total. The van der Waals surface area contributed by atoms with Gasteiger partial charge in [-0.05, 0) is 43.3 Å². The summed E-state index contributed by atoms with van der Waals surface area (Å²) in [5.41, 5.74) is 1.01. The van der Waals surface area contributed by atoms with E-state index < -0.39 is 10.0 Å². The first kappa shape index (κ1) is 18.1. The summed E-state index contributed by atoms with van der Waals surface area (Å²) in [4.78, 5) is 14.5. The maximum absolute atomic E-state index is 12.8. The van der Waals surface area contributed by atoms with E-state index >= 15 is 0 Å². The Hall–Kier alpha value is -2.69. The Morgan fingerprint density at radius 2 is 1.73 bits per heavy atom. The van der Waals surface area contributed by atoms with Gasteiger partial charge in [0, 0.05) is 31.2 Å². The zero-order chi connectivity index (χ0) is 18.7. The molecule has 134 valence electrons. The molecule has 1 saturated heterocycles. The fourth-order valence-electron chi connectivity index (χ4n) is 3.04. The maximum Gasteiger partial charge on any atom is 0.254 e. The third-order valence-electron chi connectivity index (χ3n) is 4.49. The molecule has 1 amide bonds. The Kier molecular flexibility index (Phi) is 5.07. The molecule has 0 unspecified atom stereocenters. The van der Waals surface area contributed by atoms with Crippen LogP contribution in [0.25, 0.3) is 0 Å². The number of hydrogen-bond acceptors (Lipinski definition) is 4. The van der Waals surface area contributed by atoms with Crippen molar-refractivity contribution in [2.75, 3.05) is 19.6 Å². The molecule has 2 aromatic rings. The molecule has 0 N–H and O–H groups in total. The number of amides is 1. The van der Waals surface area contributed by atoms with Gasteiger partial charge in [-0.15, -0.1) is 0 Å². The molecule has 2 aromatic carbocycles. The number of rotatable bonds is 3. The third kappa shape index (κ3) is 3.47. The summed E-state index contributed by atoms with van der Waals surface area (Å²) in [7, 11) is -3.65. The molecule has 3 rings (SSSR count). The van der Waals surface area contributed by atoms with Crippen molar-refractivity contribution in [2.45, 2.75) is 17.9 Å². The van der Waals surface area contributed by atoms with E-state index in [0.717, 1.165) is 0 Å². The monoisotopic (exact) mass is 369 g/mol. The summed E-state index contributed by atoms with van der Waals surface area (Å²) in [6.45, 7) is 2.66. The first-order chi connectivity index (χ1) is 12.4. The summed E-state index contributed by atoms with van der Waals surface area (Å²) in [5, 5.41) is 8.84. The third-order valence-corrected chi connectivity index (χ3v) is 6.37. The Morgan fingerprint density at radius 1 is 1.08 bits per heavy atom. The number of hydrogen-bond donors (Lipinski definition) is 0. The second-order valence-corrected chi connectivity index (χ2v) is 8.15. The minimum Gasteiger partial charge on any atom is -0.333 e. The zero-order valence-corrected chi connectivity index (χ0v) is 15.2. The maximum atomic E-state index is 12.8. The highest BCUT2D eigenvalue weighted by Gasteiger charge is 2.34. The van der Waals surface area contributed by atoms with Crippen LogP contribution < -0.4 is 0 Å². The highest BCUT2D eigenvalue weighted by molar-refractivity contribution is 7.89. The van der Waals surface area contributed by atoms with Gasteiger partial charge in [-0.1, -0.05) is 18.2 Å². The second kappa shape index (κ2) is 7.28. The summed E-state index contributed by atoms with van der Waals surface area (Å²) >= 11 is 0. The van der Waals surface area contributed by atoms with Crippen molar-refractivity contribution in [2.24, 2.45) is 0 Å². The summed E-state index contributed by atoms with van der Waals surface area (Å²) < 4.78 is 27.0. The average Bonchev–Trinajstić information content (AvgIpc) is 2.68. The molecule has 0 aromatic heterocycles. The number of sulfonamides is 1. The van der Waals surface area contributed by atoms with Gasteiger partial charge >= 0.3 is 0 Å². The summed E-state index contributed by atoms with van der Waals surface area (Å²) in [5.74, 6) is -0.0893. The van der Waals surface area contributed by atoms with Crippen LogP contribution >= 0.6 is 0 Å². The molecule has 1 heterocycles. The van der Waals surface area contributed by atoms with Crippen LogP contribution in [0.1, 0.15) is 22.8 Å². The lowest BCUT2D eigenvalue weighted by Gasteiger charge is -2.39. The minimum atomic E-state index is -3.65. The number of carbonyl (C=O) groups is 1. The minimum absolute atomic E-state index is 0.0893. The van der Waals surface area contributed by atoms with E-state index in [9.17, 15) is 13.2 Å². The predicted molar refractivity (Wildman–Crippen MR) is 96.9 cm³/mol. The summed E-state index contributed by atoms with van der Waals surface area (Å²) in [6.07, 6.45) is 0. The van der Waals surface area contributed by atoms with Crippen molar-refractivity contribution in [1.29, 1.82) is 5.26 Å². The Balaban J connectivity index is 1.75. The van der Waals surface area contributed by atoms with Crippen molar-refractivity contribution in [1.82, 2.24) is 9.21 Å². The Labute approximate surface area is 153 Å². The second-order valence-electron chi connectivity index (χ2n) is 6.21. The smallest absolute Gasteiger partial charge is 0.254 e. The van der Waals surface area contributed by atoms with Gasteiger partial charge in [0.2, 0.25) is 10.0 Å². The number of nitriles is 1. The number of piperazine rings is 1. The van der Waals surface area contributed by atoms with Gasteiger partial charge in [0.25, 0.3) is 5.91 Å². The standard InChI is InChI=1S/C19H19N3O3S/c1-15-14-21(26(24,25)18-9-7-16(13-20)8-10-18)11-12-22(15)19(23)17-5-3-2-4-6-17/h2-10,15H,11-12,14H2,1H3/t15-/m0/s1. The first-order valence-electron chi connectivity index (χ1n) is 8.30. The first-order valence-corrected chi connectivity index (χ1v) is 9.74.